The van der Waals surface area contributed by atoms with E-state index >= 15 is 0 Å². The van der Waals surface area contributed by atoms with Crippen LogP contribution < -0.4 is 0 Å². The third kappa shape index (κ3) is 1.64. The van der Waals surface area contributed by atoms with E-state index in [-0.39, 0.29) is 5.41 Å². The lowest BCUT2D eigenvalue weighted by atomic mass is 9.75. The average Bonchev–Trinajstić information content (AvgIpc) is 2.57. The Bertz CT molecular complexity index is 404. The van der Waals surface area contributed by atoms with Gasteiger partial charge in [0.25, 0.3) is 0 Å². The molecule has 1 aromatic rings. The number of aromatic amines is 1. The normalized spacial score (nSPS) is 21.7. The zero-order valence-corrected chi connectivity index (χ0v) is 9.46. The minimum atomic E-state index is 0.145. The molecule has 4 nitrogen and oxygen atoms in total. The lowest BCUT2D eigenvalue weighted by Crippen LogP contribution is -2.27. The second-order valence-corrected chi connectivity index (χ2v) is 4.94. The second kappa shape index (κ2) is 3.36. The van der Waals surface area contributed by atoms with E-state index in [1.807, 2.05) is 0 Å². The molecule has 2 N–H and O–H groups in total. The standard InChI is InChI=1S/C11H17N3O/c1-4-7-10-8(13-12-7)5-11(2,3)6-9(10)14-15/h15H,4-6H2,1-3H3,(H,12,13)/b14-9-. The van der Waals surface area contributed by atoms with E-state index in [2.05, 4.69) is 36.1 Å². The van der Waals surface area contributed by atoms with Gasteiger partial charge in [0.2, 0.25) is 0 Å². The van der Waals surface area contributed by atoms with Crippen molar-refractivity contribution >= 4 is 5.71 Å². The van der Waals surface area contributed by atoms with Crippen molar-refractivity contribution in [2.24, 2.45) is 10.6 Å². The Balaban J connectivity index is 2.52. The van der Waals surface area contributed by atoms with Gasteiger partial charge in [-0.1, -0.05) is 25.9 Å². The highest BCUT2D eigenvalue weighted by Gasteiger charge is 2.33. The van der Waals surface area contributed by atoms with Crippen LogP contribution in [0, 0.1) is 5.41 Å². The Morgan fingerprint density at radius 1 is 1.47 bits per heavy atom. The summed E-state index contributed by atoms with van der Waals surface area (Å²) in [6.45, 7) is 6.41. The van der Waals surface area contributed by atoms with Gasteiger partial charge in [-0.3, -0.25) is 5.10 Å². The molecule has 1 aromatic heterocycles. The zero-order valence-electron chi connectivity index (χ0n) is 9.46. The van der Waals surface area contributed by atoms with Crippen molar-refractivity contribution in [1.29, 1.82) is 0 Å². The summed E-state index contributed by atoms with van der Waals surface area (Å²) in [7, 11) is 0. The second-order valence-electron chi connectivity index (χ2n) is 4.94. The van der Waals surface area contributed by atoms with E-state index in [1.165, 1.54) is 0 Å². The topological polar surface area (TPSA) is 61.3 Å². The molecule has 0 aromatic carbocycles. The summed E-state index contributed by atoms with van der Waals surface area (Å²) < 4.78 is 0. The Labute approximate surface area is 89.4 Å². The molecule has 0 atom stereocenters. The highest BCUT2D eigenvalue weighted by Crippen LogP contribution is 2.35. The lowest BCUT2D eigenvalue weighted by molar-refractivity contribution is 0.306. The van der Waals surface area contributed by atoms with Crippen LogP contribution in [0.2, 0.25) is 0 Å². The molecule has 0 saturated heterocycles. The molecule has 4 heteroatoms. The molecule has 0 unspecified atom stereocenters. The van der Waals surface area contributed by atoms with Gasteiger partial charge in [-0.25, -0.2) is 0 Å². The number of aromatic nitrogens is 2. The number of oxime groups is 1. The molecule has 2 rings (SSSR count). The number of hydrogen-bond acceptors (Lipinski definition) is 3. The first-order chi connectivity index (χ1) is 7.07. The fourth-order valence-corrected chi connectivity index (χ4v) is 2.31. The predicted octanol–water partition coefficient (Wildman–Crippen LogP) is 2.12. The summed E-state index contributed by atoms with van der Waals surface area (Å²) in [6.07, 6.45) is 2.64. The van der Waals surface area contributed by atoms with Crippen molar-refractivity contribution in [3.8, 4) is 0 Å². The maximum atomic E-state index is 9.05. The molecule has 82 valence electrons. The molecule has 0 saturated carbocycles. The van der Waals surface area contributed by atoms with Gasteiger partial charge in [-0.05, 0) is 24.7 Å². The average molecular weight is 207 g/mol. The molecule has 0 fully saturated rings. The molecular formula is C11H17N3O. The summed E-state index contributed by atoms with van der Waals surface area (Å²) in [6, 6.07) is 0. The van der Waals surface area contributed by atoms with Crippen LogP contribution in [-0.4, -0.2) is 21.1 Å². The number of fused-ring (bicyclic) bond motifs is 1. The van der Waals surface area contributed by atoms with Gasteiger partial charge in [-0.15, -0.1) is 0 Å². The van der Waals surface area contributed by atoms with Gasteiger partial charge in [0, 0.05) is 11.3 Å². The minimum absolute atomic E-state index is 0.145. The van der Waals surface area contributed by atoms with E-state index in [0.717, 1.165) is 41.9 Å². The van der Waals surface area contributed by atoms with Crippen LogP contribution in [0.3, 0.4) is 0 Å². The van der Waals surface area contributed by atoms with Gasteiger partial charge in [0.1, 0.15) is 0 Å². The highest BCUT2D eigenvalue weighted by atomic mass is 16.4. The Morgan fingerprint density at radius 3 is 2.80 bits per heavy atom. The summed E-state index contributed by atoms with van der Waals surface area (Å²) in [4.78, 5) is 0. The molecule has 0 spiro atoms. The largest absolute Gasteiger partial charge is 0.411 e. The summed E-state index contributed by atoms with van der Waals surface area (Å²) in [5.74, 6) is 0. The highest BCUT2D eigenvalue weighted by molar-refractivity contribution is 6.03. The number of nitrogens with zero attached hydrogens (tertiary/aromatic N) is 2. The monoisotopic (exact) mass is 207 g/mol. The zero-order chi connectivity index (χ0) is 11.1. The van der Waals surface area contributed by atoms with Crippen molar-refractivity contribution in [2.75, 3.05) is 0 Å². The summed E-state index contributed by atoms with van der Waals surface area (Å²) >= 11 is 0. The van der Waals surface area contributed by atoms with Crippen LogP contribution in [0.4, 0.5) is 0 Å². The fraction of sp³-hybridized carbons (Fsp3) is 0.636. The van der Waals surface area contributed by atoms with E-state index in [4.69, 9.17) is 5.21 Å². The molecule has 0 amide bonds. The Morgan fingerprint density at radius 2 is 2.20 bits per heavy atom. The van der Waals surface area contributed by atoms with Gasteiger partial charge in [-0.2, -0.15) is 5.10 Å². The maximum absolute atomic E-state index is 9.05. The predicted molar refractivity (Wildman–Crippen MR) is 58.4 cm³/mol. The first-order valence-corrected chi connectivity index (χ1v) is 5.35. The summed E-state index contributed by atoms with van der Waals surface area (Å²) in [5, 5.41) is 19.8. The smallest absolute Gasteiger partial charge is 0.0910 e. The molecule has 0 aliphatic heterocycles. The van der Waals surface area contributed by atoms with Gasteiger partial charge >= 0.3 is 0 Å². The first-order valence-electron chi connectivity index (χ1n) is 5.35. The molecule has 0 bridgehead atoms. The quantitative estimate of drug-likeness (QED) is 0.547. The third-order valence-corrected chi connectivity index (χ3v) is 2.96. The minimum Gasteiger partial charge on any atom is -0.411 e. The molecule has 0 radical (unpaired) electrons. The number of aryl methyl sites for hydroxylation is 1. The summed E-state index contributed by atoms with van der Waals surface area (Å²) in [5.41, 5.74) is 4.07. The van der Waals surface area contributed by atoms with Crippen molar-refractivity contribution < 1.29 is 5.21 Å². The number of hydrogen-bond donors (Lipinski definition) is 2. The van der Waals surface area contributed by atoms with E-state index in [1.54, 1.807) is 0 Å². The van der Waals surface area contributed by atoms with Crippen LogP contribution >= 0.6 is 0 Å². The van der Waals surface area contributed by atoms with Crippen LogP contribution in [0.1, 0.15) is 44.1 Å². The third-order valence-electron chi connectivity index (χ3n) is 2.96. The number of nitrogens with one attached hydrogen (secondary N) is 1. The number of H-pyrrole nitrogens is 1. The van der Waals surface area contributed by atoms with E-state index in [9.17, 15) is 0 Å². The Kier molecular flexibility index (Phi) is 2.29. The van der Waals surface area contributed by atoms with E-state index in [0.29, 0.717) is 0 Å². The molecule has 15 heavy (non-hydrogen) atoms. The molecule has 1 aliphatic carbocycles. The van der Waals surface area contributed by atoms with E-state index < -0.39 is 0 Å². The van der Waals surface area contributed by atoms with Crippen molar-refractivity contribution in [1.82, 2.24) is 10.2 Å². The van der Waals surface area contributed by atoms with Crippen LogP contribution in [0.15, 0.2) is 5.16 Å². The van der Waals surface area contributed by atoms with Gasteiger partial charge < -0.3 is 5.21 Å². The molecule has 1 aliphatic rings. The van der Waals surface area contributed by atoms with Gasteiger partial charge in [0.15, 0.2) is 0 Å². The van der Waals surface area contributed by atoms with Crippen molar-refractivity contribution in [3.05, 3.63) is 17.0 Å². The van der Waals surface area contributed by atoms with Crippen molar-refractivity contribution in [3.63, 3.8) is 0 Å². The van der Waals surface area contributed by atoms with Gasteiger partial charge in [0.05, 0.1) is 11.4 Å². The number of rotatable bonds is 1. The maximum Gasteiger partial charge on any atom is 0.0910 e. The van der Waals surface area contributed by atoms with Crippen LogP contribution in [-0.2, 0) is 12.8 Å². The Hall–Kier alpha value is -1.32. The van der Waals surface area contributed by atoms with Crippen molar-refractivity contribution in [2.45, 2.75) is 40.0 Å². The van der Waals surface area contributed by atoms with Crippen LogP contribution in [0.25, 0.3) is 0 Å². The lowest BCUT2D eigenvalue weighted by Gasteiger charge is -2.29. The molecule has 1 heterocycles. The fourth-order valence-electron chi connectivity index (χ4n) is 2.31. The van der Waals surface area contributed by atoms with Crippen LogP contribution in [0.5, 0.6) is 0 Å². The SMILES string of the molecule is CCc1n[nH]c2c1/C(=N\O)CC(C)(C)C2. The first kappa shape index (κ1) is 10.2. The molecular weight excluding hydrogens is 190 g/mol.